The van der Waals surface area contributed by atoms with Gasteiger partial charge in [0.2, 0.25) is 5.91 Å². The molecule has 1 aliphatic heterocycles. The largest absolute Gasteiger partial charge is 0.340 e. The van der Waals surface area contributed by atoms with Crippen molar-refractivity contribution in [2.75, 3.05) is 23.7 Å². The van der Waals surface area contributed by atoms with E-state index in [0.29, 0.717) is 30.2 Å². The smallest absolute Gasteiger partial charge is 0.259 e. The molecule has 0 atom stereocenters. The molecule has 1 aliphatic rings. The Morgan fingerprint density at radius 2 is 1.86 bits per heavy atom. The van der Waals surface area contributed by atoms with Gasteiger partial charge in [0.1, 0.15) is 5.82 Å². The maximum Gasteiger partial charge on any atom is 0.259 e. The molecule has 182 valence electrons. The maximum absolute atomic E-state index is 13.3. The third kappa shape index (κ3) is 4.63. The number of nitrogens with zero attached hydrogens (tertiary/aromatic N) is 3. The molecule has 8 nitrogen and oxygen atoms in total. The van der Waals surface area contributed by atoms with Gasteiger partial charge in [0.15, 0.2) is 0 Å². The van der Waals surface area contributed by atoms with Crippen molar-refractivity contribution in [1.29, 1.82) is 0 Å². The molecule has 0 unspecified atom stereocenters. The number of hydrogen-bond donors (Lipinski definition) is 3. The van der Waals surface area contributed by atoms with Crippen LogP contribution in [0.5, 0.6) is 0 Å². The van der Waals surface area contributed by atoms with E-state index in [1.165, 1.54) is 0 Å². The monoisotopic (exact) mass is 480 g/mol. The van der Waals surface area contributed by atoms with Crippen LogP contribution >= 0.6 is 0 Å². The molecule has 2 aromatic heterocycles. The molecule has 0 radical (unpaired) electrons. The zero-order valence-electron chi connectivity index (χ0n) is 20.3. The predicted molar refractivity (Wildman–Crippen MR) is 141 cm³/mol. The average Bonchev–Trinajstić information content (AvgIpc) is 2.87. The third-order valence-electron chi connectivity index (χ3n) is 6.52. The van der Waals surface area contributed by atoms with Crippen molar-refractivity contribution in [3.05, 3.63) is 89.9 Å². The number of benzene rings is 2. The van der Waals surface area contributed by atoms with Gasteiger partial charge in [-0.05, 0) is 59.0 Å². The topological polar surface area (TPSA) is 113 Å². The molecule has 0 aliphatic carbocycles. The van der Waals surface area contributed by atoms with Crippen molar-refractivity contribution in [1.82, 2.24) is 14.9 Å². The second-order valence-corrected chi connectivity index (χ2v) is 9.63. The molecule has 0 saturated carbocycles. The number of anilines is 3. The minimum absolute atomic E-state index is 0.0215. The van der Waals surface area contributed by atoms with Gasteiger partial charge in [-0.25, -0.2) is 4.98 Å². The Morgan fingerprint density at radius 3 is 2.69 bits per heavy atom. The molecule has 8 heteroatoms. The van der Waals surface area contributed by atoms with E-state index in [9.17, 15) is 9.59 Å². The van der Waals surface area contributed by atoms with Crippen LogP contribution in [0.15, 0.2) is 73.2 Å². The lowest BCUT2D eigenvalue weighted by molar-refractivity contribution is -0.131. The van der Waals surface area contributed by atoms with E-state index in [0.717, 1.165) is 27.6 Å². The number of nitrogens with two attached hydrogens (primary N) is 1. The highest BCUT2D eigenvalue weighted by atomic mass is 16.2. The summed E-state index contributed by atoms with van der Waals surface area (Å²) in [5.41, 5.74) is 9.44. The molecule has 5 rings (SSSR count). The van der Waals surface area contributed by atoms with Gasteiger partial charge in [-0.15, -0.1) is 0 Å². The lowest BCUT2D eigenvalue weighted by Crippen LogP contribution is -2.47. The van der Waals surface area contributed by atoms with Crippen LogP contribution in [0.4, 0.5) is 17.2 Å². The Labute approximate surface area is 209 Å². The van der Waals surface area contributed by atoms with E-state index < -0.39 is 0 Å². The SMILES string of the molecule is CC1(C)CN(C(=O)CN)Cc2cc(NC(=O)c3cccnc3Nc3ccc4ccncc4c3)ccc21. The minimum Gasteiger partial charge on any atom is -0.340 e. The summed E-state index contributed by atoms with van der Waals surface area (Å²) in [5, 5.41) is 8.32. The van der Waals surface area contributed by atoms with Crippen molar-refractivity contribution < 1.29 is 9.59 Å². The van der Waals surface area contributed by atoms with Crippen LogP contribution in [-0.4, -0.2) is 39.8 Å². The van der Waals surface area contributed by atoms with Crippen LogP contribution < -0.4 is 16.4 Å². The van der Waals surface area contributed by atoms with Gasteiger partial charge >= 0.3 is 0 Å². The summed E-state index contributed by atoms with van der Waals surface area (Å²) in [6.45, 7) is 5.27. The number of amides is 2. The number of aromatic nitrogens is 2. The van der Waals surface area contributed by atoms with E-state index in [2.05, 4.69) is 34.4 Å². The van der Waals surface area contributed by atoms with Gasteiger partial charge in [-0.3, -0.25) is 14.6 Å². The van der Waals surface area contributed by atoms with Crippen LogP contribution in [0.2, 0.25) is 0 Å². The van der Waals surface area contributed by atoms with Gasteiger partial charge in [0.05, 0.1) is 12.1 Å². The van der Waals surface area contributed by atoms with Gasteiger partial charge in [-0.2, -0.15) is 0 Å². The first-order valence-corrected chi connectivity index (χ1v) is 11.8. The van der Waals surface area contributed by atoms with Crippen LogP contribution in [0.1, 0.15) is 35.3 Å². The summed E-state index contributed by atoms with van der Waals surface area (Å²) in [5.74, 6) is 0.0914. The number of hydrogen-bond acceptors (Lipinski definition) is 6. The fraction of sp³-hybridized carbons (Fsp3) is 0.214. The molecule has 0 saturated heterocycles. The second-order valence-electron chi connectivity index (χ2n) is 9.63. The second kappa shape index (κ2) is 9.39. The Bertz CT molecular complexity index is 1470. The van der Waals surface area contributed by atoms with Crippen molar-refractivity contribution >= 4 is 39.8 Å². The first kappa shape index (κ1) is 23.4. The van der Waals surface area contributed by atoms with Crippen molar-refractivity contribution in [2.45, 2.75) is 25.8 Å². The normalized spacial score (nSPS) is 14.2. The average molecular weight is 481 g/mol. The molecule has 3 heterocycles. The molecule has 0 bridgehead atoms. The Balaban J connectivity index is 1.38. The molecule has 36 heavy (non-hydrogen) atoms. The molecule has 2 amide bonds. The van der Waals surface area contributed by atoms with Crippen LogP contribution in [0.25, 0.3) is 10.8 Å². The standard InChI is InChI=1S/C28H28N6O2/c1-28(2)17-34(25(35)14-29)16-20-13-22(7-8-24(20)28)33-27(36)23-4-3-10-31-26(23)32-21-6-5-18-9-11-30-15-19(18)12-21/h3-13,15H,14,16-17,29H2,1-2H3,(H,31,32)(H,33,36). The van der Waals surface area contributed by atoms with Crippen molar-refractivity contribution in [3.63, 3.8) is 0 Å². The fourth-order valence-electron chi connectivity index (χ4n) is 4.78. The molecule has 0 spiro atoms. The fourth-order valence-corrected chi connectivity index (χ4v) is 4.78. The highest BCUT2D eigenvalue weighted by Gasteiger charge is 2.33. The lowest BCUT2D eigenvalue weighted by atomic mass is 9.78. The molecule has 0 fully saturated rings. The van der Waals surface area contributed by atoms with Crippen LogP contribution in [-0.2, 0) is 16.8 Å². The van der Waals surface area contributed by atoms with Gasteiger partial charge < -0.3 is 21.3 Å². The summed E-state index contributed by atoms with van der Waals surface area (Å²) in [6.07, 6.45) is 5.20. The van der Waals surface area contributed by atoms with E-state index in [-0.39, 0.29) is 23.8 Å². The maximum atomic E-state index is 13.3. The number of nitrogens with one attached hydrogen (secondary N) is 2. The minimum atomic E-state index is -0.280. The van der Waals surface area contributed by atoms with E-state index in [4.69, 9.17) is 5.73 Å². The summed E-state index contributed by atoms with van der Waals surface area (Å²) in [4.78, 5) is 35.9. The molecule has 4 aromatic rings. The zero-order valence-corrected chi connectivity index (χ0v) is 20.3. The highest BCUT2D eigenvalue weighted by molar-refractivity contribution is 6.08. The van der Waals surface area contributed by atoms with E-state index in [1.807, 2.05) is 42.5 Å². The Morgan fingerprint density at radius 1 is 1.03 bits per heavy atom. The number of fused-ring (bicyclic) bond motifs is 2. The first-order chi connectivity index (χ1) is 17.3. The summed E-state index contributed by atoms with van der Waals surface area (Å²) < 4.78 is 0. The molecular weight excluding hydrogens is 452 g/mol. The third-order valence-corrected chi connectivity index (χ3v) is 6.52. The van der Waals surface area contributed by atoms with Crippen molar-refractivity contribution in [3.8, 4) is 0 Å². The number of carbonyl (C=O) groups excluding carboxylic acids is 2. The molecular formula is C28H28N6O2. The number of pyridine rings is 2. The first-order valence-electron chi connectivity index (χ1n) is 11.8. The van der Waals surface area contributed by atoms with Crippen LogP contribution in [0.3, 0.4) is 0 Å². The van der Waals surface area contributed by atoms with Gasteiger partial charge in [0, 0.05) is 53.9 Å². The highest BCUT2D eigenvalue weighted by Crippen LogP contribution is 2.35. The Kier molecular flexibility index (Phi) is 6.12. The summed E-state index contributed by atoms with van der Waals surface area (Å²) in [6, 6.07) is 17.2. The molecule has 4 N–H and O–H groups in total. The zero-order chi connectivity index (χ0) is 25.3. The number of rotatable bonds is 5. The van der Waals surface area contributed by atoms with E-state index >= 15 is 0 Å². The van der Waals surface area contributed by atoms with Crippen LogP contribution in [0, 0.1) is 0 Å². The quantitative estimate of drug-likeness (QED) is 0.395. The van der Waals surface area contributed by atoms with E-state index in [1.54, 1.807) is 35.6 Å². The summed E-state index contributed by atoms with van der Waals surface area (Å²) in [7, 11) is 0. The number of carbonyl (C=O) groups is 2. The molecule has 2 aromatic carbocycles. The summed E-state index contributed by atoms with van der Waals surface area (Å²) >= 11 is 0. The Hall–Kier alpha value is -4.30. The van der Waals surface area contributed by atoms with Gasteiger partial charge in [0.25, 0.3) is 5.91 Å². The van der Waals surface area contributed by atoms with Crippen molar-refractivity contribution in [2.24, 2.45) is 5.73 Å². The predicted octanol–water partition coefficient (Wildman–Crippen LogP) is 4.20. The van der Waals surface area contributed by atoms with Gasteiger partial charge in [-0.1, -0.05) is 26.0 Å². The lowest BCUT2D eigenvalue weighted by Gasteiger charge is -2.40.